The molecule has 2 unspecified atom stereocenters. The molecule has 1 aliphatic heterocycles. The first-order valence-corrected chi connectivity index (χ1v) is 5.68. The van der Waals surface area contributed by atoms with Gasteiger partial charge in [0.25, 0.3) is 0 Å². The second-order valence-electron chi connectivity index (χ2n) is 4.49. The lowest BCUT2D eigenvalue weighted by Crippen LogP contribution is -2.30. The molecule has 0 spiro atoms. The van der Waals surface area contributed by atoms with E-state index in [9.17, 15) is 0 Å². The van der Waals surface area contributed by atoms with Crippen molar-refractivity contribution >= 4 is 5.96 Å². The smallest absolute Gasteiger partial charge is 0.190 e. The maximum absolute atomic E-state index is 5.71. The lowest BCUT2D eigenvalue weighted by atomic mass is 9.93. The zero-order valence-corrected chi connectivity index (χ0v) is 10.1. The Morgan fingerprint density at radius 2 is 2.27 bits per heavy atom. The van der Waals surface area contributed by atoms with Gasteiger partial charge >= 0.3 is 0 Å². The Labute approximate surface area is 92.5 Å². The third-order valence-electron chi connectivity index (χ3n) is 2.86. The predicted molar refractivity (Wildman–Crippen MR) is 62.9 cm³/mol. The molecule has 1 rings (SSSR count). The Morgan fingerprint density at radius 1 is 1.53 bits per heavy atom. The second kappa shape index (κ2) is 5.95. The van der Waals surface area contributed by atoms with E-state index in [1.807, 2.05) is 19.0 Å². The highest BCUT2D eigenvalue weighted by Crippen LogP contribution is 2.22. The van der Waals surface area contributed by atoms with Crippen LogP contribution in [-0.2, 0) is 4.74 Å². The van der Waals surface area contributed by atoms with Crippen LogP contribution in [0.2, 0.25) is 0 Å². The summed E-state index contributed by atoms with van der Waals surface area (Å²) < 4.78 is 5.50. The molecular formula is C11H23N3O. The van der Waals surface area contributed by atoms with Crippen LogP contribution in [0.25, 0.3) is 0 Å². The van der Waals surface area contributed by atoms with Crippen molar-refractivity contribution in [2.75, 3.05) is 27.2 Å². The molecule has 0 aromatic rings. The Balaban J connectivity index is 2.22. The molecule has 88 valence electrons. The summed E-state index contributed by atoms with van der Waals surface area (Å²) in [6.45, 7) is 3.88. The number of nitrogens with two attached hydrogens (primary N) is 1. The highest BCUT2D eigenvalue weighted by molar-refractivity contribution is 5.77. The standard InChI is InChI=1S/C11H23N3O/c1-9-8-10(5-7-15-9)4-6-13-11(12)14(2)3/h9-10H,4-8H2,1-3H3,(H2,12,13). The average Bonchev–Trinajstić information content (AvgIpc) is 2.17. The molecule has 0 radical (unpaired) electrons. The lowest BCUT2D eigenvalue weighted by Gasteiger charge is -2.26. The van der Waals surface area contributed by atoms with Crippen molar-refractivity contribution in [1.29, 1.82) is 0 Å². The second-order valence-corrected chi connectivity index (χ2v) is 4.49. The van der Waals surface area contributed by atoms with Crippen LogP contribution >= 0.6 is 0 Å². The number of nitrogens with zero attached hydrogens (tertiary/aromatic N) is 2. The van der Waals surface area contributed by atoms with E-state index in [0.29, 0.717) is 12.1 Å². The average molecular weight is 213 g/mol. The van der Waals surface area contributed by atoms with Gasteiger partial charge in [0.05, 0.1) is 6.10 Å². The van der Waals surface area contributed by atoms with Gasteiger partial charge in [0.1, 0.15) is 0 Å². The Bertz CT molecular complexity index is 216. The van der Waals surface area contributed by atoms with Crippen LogP contribution in [0.15, 0.2) is 4.99 Å². The topological polar surface area (TPSA) is 50.8 Å². The molecule has 1 heterocycles. The summed E-state index contributed by atoms with van der Waals surface area (Å²) in [5.74, 6) is 1.38. The summed E-state index contributed by atoms with van der Waals surface area (Å²) in [7, 11) is 3.82. The van der Waals surface area contributed by atoms with Crippen molar-refractivity contribution in [2.45, 2.75) is 32.3 Å². The lowest BCUT2D eigenvalue weighted by molar-refractivity contribution is 0.00147. The van der Waals surface area contributed by atoms with Crippen LogP contribution in [0.1, 0.15) is 26.2 Å². The SMILES string of the molecule is CC1CC(CCN=C(N)N(C)C)CCO1. The van der Waals surface area contributed by atoms with Crippen LogP contribution in [0.3, 0.4) is 0 Å². The summed E-state index contributed by atoms with van der Waals surface area (Å²) in [4.78, 5) is 6.16. The normalized spacial score (nSPS) is 27.8. The van der Waals surface area contributed by atoms with Crippen molar-refractivity contribution in [1.82, 2.24) is 4.90 Å². The highest BCUT2D eigenvalue weighted by atomic mass is 16.5. The number of guanidine groups is 1. The Kier molecular flexibility index (Phi) is 4.88. The van der Waals surface area contributed by atoms with Crippen molar-refractivity contribution in [2.24, 2.45) is 16.6 Å². The molecule has 0 aromatic carbocycles. The van der Waals surface area contributed by atoms with E-state index in [1.165, 1.54) is 6.42 Å². The molecule has 0 bridgehead atoms. The zero-order chi connectivity index (χ0) is 11.3. The fourth-order valence-corrected chi connectivity index (χ4v) is 1.86. The molecule has 4 heteroatoms. The van der Waals surface area contributed by atoms with E-state index < -0.39 is 0 Å². The third-order valence-corrected chi connectivity index (χ3v) is 2.86. The van der Waals surface area contributed by atoms with E-state index in [2.05, 4.69) is 11.9 Å². The fraction of sp³-hybridized carbons (Fsp3) is 0.909. The molecule has 1 aliphatic rings. The largest absolute Gasteiger partial charge is 0.378 e. The van der Waals surface area contributed by atoms with Crippen LogP contribution in [0.5, 0.6) is 0 Å². The molecule has 0 saturated carbocycles. The molecular weight excluding hydrogens is 190 g/mol. The number of hydrogen-bond donors (Lipinski definition) is 1. The molecule has 2 N–H and O–H groups in total. The molecule has 1 saturated heterocycles. The van der Waals surface area contributed by atoms with Gasteiger partial charge < -0.3 is 15.4 Å². The molecule has 2 atom stereocenters. The molecule has 0 amide bonds. The van der Waals surface area contributed by atoms with Crippen LogP contribution < -0.4 is 5.73 Å². The Hall–Kier alpha value is -0.770. The van der Waals surface area contributed by atoms with Gasteiger partial charge in [-0.1, -0.05) is 0 Å². The monoisotopic (exact) mass is 213 g/mol. The van der Waals surface area contributed by atoms with Gasteiger partial charge in [-0.3, -0.25) is 4.99 Å². The number of hydrogen-bond acceptors (Lipinski definition) is 2. The molecule has 4 nitrogen and oxygen atoms in total. The maximum atomic E-state index is 5.71. The fourth-order valence-electron chi connectivity index (χ4n) is 1.86. The van der Waals surface area contributed by atoms with Gasteiger partial charge in [-0.25, -0.2) is 0 Å². The summed E-state index contributed by atoms with van der Waals surface area (Å²) in [5.41, 5.74) is 5.71. The quantitative estimate of drug-likeness (QED) is 0.563. The van der Waals surface area contributed by atoms with Crippen LogP contribution in [0.4, 0.5) is 0 Å². The van der Waals surface area contributed by atoms with Crippen LogP contribution in [-0.4, -0.2) is 44.2 Å². The molecule has 0 aromatic heterocycles. The van der Waals surface area contributed by atoms with Crippen molar-refractivity contribution in [3.8, 4) is 0 Å². The first kappa shape index (κ1) is 12.3. The van der Waals surface area contributed by atoms with E-state index in [0.717, 1.165) is 31.9 Å². The van der Waals surface area contributed by atoms with Gasteiger partial charge in [-0.2, -0.15) is 0 Å². The zero-order valence-electron chi connectivity index (χ0n) is 10.1. The minimum atomic E-state index is 0.416. The van der Waals surface area contributed by atoms with Gasteiger partial charge in [0.15, 0.2) is 5.96 Å². The maximum Gasteiger partial charge on any atom is 0.190 e. The summed E-state index contributed by atoms with van der Waals surface area (Å²) in [6.07, 6.45) is 3.88. The Morgan fingerprint density at radius 3 is 2.87 bits per heavy atom. The van der Waals surface area contributed by atoms with Gasteiger partial charge in [-0.15, -0.1) is 0 Å². The predicted octanol–water partition coefficient (Wildman–Crippen LogP) is 1.07. The minimum absolute atomic E-state index is 0.416. The molecule has 0 aliphatic carbocycles. The van der Waals surface area contributed by atoms with Crippen LogP contribution in [0, 0.1) is 5.92 Å². The number of ether oxygens (including phenoxy) is 1. The van der Waals surface area contributed by atoms with E-state index >= 15 is 0 Å². The van der Waals surface area contributed by atoms with E-state index in [1.54, 1.807) is 0 Å². The third kappa shape index (κ3) is 4.51. The minimum Gasteiger partial charge on any atom is -0.378 e. The van der Waals surface area contributed by atoms with Crippen molar-refractivity contribution in [3.63, 3.8) is 0 Å². The van der Waals surface area contributed by atoms with Gasteiger partial charge in [0, 0.05) is 27.2 Å². The summed E-state index contributed by atoms with van der Waals surface area (Å²) >= 11 is 0. The van der Waals surface area contributed by atoms with E-state index in [4.69, 9.17) is 10.5 Å². The van der Waals surface area contributed by atoms with Crippen molar-refractivity contribution in [3.05, 3.63) is 0 Å². The first-order valence-electron chi connectivity index (χ1n) is 5.68. The van der Waals surface area contributed by atoms with Crippen molar-refractivity contribution < 1.29 is 4.74 Å². The first-order chi connectivity index (χ1) is 7.09. The molecule has 15 heavy (non-hydrogen) atoms. The molecule has 1 fully saturated rings. The van der Waals surface area contributed by atoms with E-state index in [-0.39, 0.29) is 0 Å². The van der Waals surface area contributed by atoms with Gasteiger partial charge in [0.2, 0.25) is 0 Å². The summed E-state index contributed by atoms with van der Waals surface area (Å²) in [5, 5.41) is 0. The highest BCUT2D eigenvalue weighted by Gasteiger charge is 2.18. The summed E-state index contributed by atoms with van der Waals surface area (Å²) in [6, 6.07) is 0. The number of aliphatic imine (C=N–C) groups is 1. The van der Waals surface area contributed by atoms with Gasteiger partial charge in [-0.05, 0) is 32.1 Å². The number of rotatable bonds is 3.